The van der Waals surface area contributed by atoms with Gasteiger partial charge < -0.3 is 19.0 Å². The number of allylic oxidation sites excluding steroid dienone is 1. The van der Waals surface area contributed by atoms with Gasteiger partial charge in [0.05, 0.1) is 23.9 Å². The fourth-order valence-corrected chi connectivity index (χ4v) is 3.47. The lowest BCUT2D eigenvalue weighted by Crippen LogP contribution is -2.04. The lowest BCUT2D eigenvalue weighted by atomic mass is 10.1. The molecule has 0 saturated carbocycles. The third kappa shape index (κ3) is 8.12. The topological polar surface area (TPSA) is 49.3 Å². The SMILES string of the molecule is C/C=C/COc1cc(C)c(OCCCCCOc2ccc(C(C)=NOC)cc2Cl)c(C)c1. The monoisotopic (exact) mass is 459 g/mol. The van der Waals surface area contributed by atoms with Gasteiger partial charge in [0.1, 0.15) is 31.0 Å². The normalized spacial score (nSPS) is 11.6. The van der Waals surface area contributed by atoms with Crippen LogP contribution in [0.3, 0.4) is 0 Å². The number of ether oxygens (including phenoxy) is 3. The Morgan fingerprint density at radius 1 is 0.969 bits per heavy atom. The van der Waals surface area contributed by atoms with Crippen LogP contribution in [0.25, 0.3) is 0 Å². The largest absolute Gasteiger partial charge is 0.493 e. The number of benzene rings is 2. The number of aryl methyl sites for hydroxylation is 2. The number of oxime groups is 1. The van der Waals surface area contributed by atoms with Crippen LogP contribution in [0.5, 0.6) is 17.2 Å². The van der Waals surface area contributed by atoms with Gasteiger partial charge in [-0.05, 0) is 88.4 Å². The lowest BCUT2D eigenvalue weighted by molar-refractivity contribution is 0.213. The Bertz CT molecular complexity index is 901. The Morgan fingerprint density at radius 3 is 2.28 bits per heavy atom. The van der Waals surface area contributed by atoms with E-state index in [-0.39, 0.29) is 0 Å². The highest BCUT2D eigenvalue weighted by Gasteiger charge is 2.08. The molecule has 0 amide bonds. The summed E-state index contributed by atoms with van der Waals surface area (Å²) in [5, 5.41) is 4.49. The van der Waals surface area contributed by atoms with Crippen LogP contribution < -0.4 is 14.2 Å². The highest BCUT2D eigenvalue weighted by Crippen LogP contribution is 2.29. The van der Waals surface area contributed by atoms with Crippen LogP contribution >= 0.6 is 11.6 Å². The van der Waals surface area contributed by atoms with Crippen LogP contribution in [0.15, 0.2) is 47.6 Å². The summed E-state index contributed by atoms with van der Waals surface area (Å²) in [6.45, 7) is 9.82. The van der Waals surface area contributed by atoms with Gasteiger partial charge in [0.2, 0.25) is 0 Å². The van der Waals surface area contributed by atoms with E-state index in [1.54, 1.807) is 0 Å². The average molecular weight is 460 g/mol. The molecular formula is C26H34ClNO4. The molecule has 6 heteroatoms. The summed E-state index contributed by atoms with van der Waals surface area (Å²) >= 11 is 6.33. The Morgan fingerprint density at radius 2 is 1.66 bits per heavy atom. The van der Waals surface area contributed by atoms with E-state index in [1.807, 2.05) is 56.3 Å². The second-order valence-corrected chi connectivity index (χ2v) is 7.94. The predicted molar refractivity (Wildman–Crippen MR) is 132 cm³/mol. The summed E-state index contributed by atoms with van der Waals surface area (Å²) in [6.07, 6.45) is 6.87. The van der Waals surface area contributed by atoms with Crippen LogP contribution in [0.4, 0.5) is 0 Å². The smallest absolute Gasteiger partial charge is 0.137 e. The van der Waals surface area contributed by atoms with Gasteiger partial charge in [-0.3, -0.25) is 0 Å². The summed E-state index contributed by atoms with van der Waals surface area (Å²) in [7, 11) is 1.52. The Kier molecular flexibility index (Phi) is 10.9. The molecule has 0 aromatic heterocycles. The number of hydrogen-bond donors (Lipinski definition) is 0. The molecule has 174 valence electrons. The van der Waals surface area contributed by atoms with Crippen LogP contribution in [-0.4, -0.2) is 32.6 Å². The van der Waals surface area contributed by atoms with E-state index in [1.165, 1.54) is 7.11 Å². The Balaban J connectivity index is 1.71. The molecule has 5 nitrogen and oxygen atoms in total. The van der Waals surface area contributed by atoms with Crippen LogP contribution in [-0.2, 0) is 4.84 Å². The van der Waals surface area contributed by atoms with Crippen LogP contribution in [0.2, 0.25) is 5.02 Å². The van der Waals surface area contributed by atoms with Crippen LogP contribution in [0.1, 0.15) is 49.8 Å². The predicted octanol–water partition coefficient (Wildman–Crippen LogP) is 6.91. The molecule has 32 heavy (non-hydrogen) atoms. The first-order valence-corrected chi connectivity index (χ1v) is 11.3. The van der Waals surface area contributed by atoms with Gasteiger partial charge in [-0.15, -0.1) is 0 Å². The maximum atomic E-state index is 6.33. The lowest BCUT2D eigenvalue weighted by Gasteiger charge is -2.14. The quantitative estimate of drug-likeness (QED) is 0.141. The van der Waals surface area contributed by atoms with Crippen LogP contribution in [0, 0.1) is 13.8 Å². The number of nitrogens with zero attached hydrogens (tertiary/aromatic N) is 1. The first kappa shape index (κ1) is 25.6. The fraction of sp³-hybridized carbons (Fsp3) is 0.423. The second kappa shape index (κ2) is 13.7. The van der Waals surface area contributed by atoms with Crippen molar-refractivity contribution in [1.82, 2.24) is 0 Å². The molecule has 0 bridgehead atoms. The number of hydrogen-bond acceptors (Lipinski definition) is 5. The van der Waals surface area contributed by atoms with Crippen molar-refractivity contribution in [2.75, 3.05) is 26.9 Å². The second-order valence-electron chi connectivity index (χ2n) is 7.53. The molecule has 0 radical (unpaired) electrons. The standard InChI is InChI=1S/C26H34ClNO4/c1-6-7-13-30-23-16-19(2)26(20(3)17-23)32-15-10-8-9-14-31-25-12-11-22(18-24(25)27)21(4)28-29-5/h6-7,11-12,16-18H,8-10,13-15H2,1-5H3/b7-6+,28-21?. The highest BCUT2D eigenvalue weighted by molar-refractivity contribution is 6.32. The average Bonchev–Trinajstić information content (AvgIpc) is 2.76. The minimum atomic E-state index is 0.570. The van der Waals surface area contributed by atoms with Gasteiger partial charge in [0, 0.05) is 5.56 Å². The van der Waals surface area contributed by atoms with Crippen molar-refractivity contribution < 1.29 is 19.0 Å². The van der Waals surface area contributed by atoms with E-state index in [0.29, 0.717) is 30.6 Å². The van der Waals surface area contributed by atoms with E-state index in [0.717, 1.165) is 53.2 Å². The van der Waals surface area contributed by atoms with Crippen molar-refractivity contribution in [2.24, 2.45) is 5.16 Å². The first-order chi connectivity index (χ1) is 15.5. The Labute approximate surface area is 197 Å². The molecule has 0 atom stereocenters. The summed E-state index contributed by atoms with van der Waals surface area (Å²) < 4.78 is 17.6. The third-order valence-electron chi connectivity index (χ3n) is 4.89. The molecule has 0 saturated heterocycles. The molecule has 0 fully saturated rings. The van der Waals surface area contributed by atoms with Gasteiger partial charge in [-0.1, -0.05) is 28.9 Å². The van der Waals surface area contributed by atoms with Gasteiger partial charge in [0.15, 0.2) is 0 Å². The van der Waals surface area contributed by atoms with E-state index in [4.69, 9.17) is 30.6 Å². The molecule has 0 spiro atoms. The minimum Gasteiger partial charge on any atom is -0.493 e. The highest BCUT2D eigenvalue weighted by atomic mass is 35.5. The molecule has 0 aliphatic heterocycles. The maximum Gasteiger partial charge on any atom is 0.137 e. The van der Waals surface area contributed by atoms with Crippen molar-refractivity contribution in [3.8, 4) is 17.2 Å². The third-order valence-corrected chi connectivity index (χ3v) is 5.18. The van der Waals surface area contributed by atoms with Crippen molar-refractivity contribution in [3.05, 3.63) is 64.2 Å². The minimum absolute atomic E-state index is 0.570. The zero-order valence-electron chi connectivity index (χ0n) is 19.7. The van der Waals surface area contributed by atoms with Crippen molar-refractivity contribution in [2.45, 2.75) is 47.0 Å². The maximum absolute atomic E-state index is 6.33. The number of rotatable bonds is 13. The molecule has 0 N–H and O–H groups in total. The molecule has 0 heterocycles. The fourth-order valence-electron chi connectivity index (χ4n) is 3.23. The molecule has 2 rings (SSSR count). The summed E-state index contributed by atoms with van der Waals surface area (Å²) in [5.74, 6) is 2.49. The number of halogens is 1. The molecule has 0 unspecified atom stereocenters. The van der Waals surface area contributed by atoms with Gasteiger partial charge >= 0.3 is 0 Å². The van der Waals surface area contributed by atoms with Gasteiger partial charge in [-0.2, -0.15) is 0 Å². The number of unbranched alkanes of at least 4 members (excludes halogenated alkanes) is 2. The van der Waals surface area contributed by atoms with Crippen molar-refractivity contribution >= 4 is 17.3 Å². The molecule has 2 aromatic carbocycles. The molecule has 2 aromatic rings. The van der Waals surface area contributed by atoms with E-state index in [9.17, 15) is 0 Å². The van der Waals surface area contributed by atoms with E-state index >= 15 is 0 Å². The van der Waals surface area contributed by atoms with Crippen molar-refractivity contribution in [3.63, 3.8) is 0 Å². The first-order valence-electron chi connectivity index (χ1n) is 10.9. The molecular weight excluding hydrogens is 426 g/mol. The zero-order valence-corrected chi connectivity index (χ0v) is 20.5. The molecule has 0 aliphatic carbocycles. The molecule has 0 aliphatic rings. The van der Waals surface area contributed by atoms with E-state index in [2.05, 4.69) is 19.0 Å². The van der Waals surface area contributed by atoms with Gasteiger partial charge in [0.25, 0.3) is 0 Å². The van der Waals surface area contributed by atoms with Gasteiger partial charge in [-0.25, -0.2) is 0 Å². The summed E-state index contributed by atoms with van der Waals surface area (Å²) in [6, 6.07) is 9.68. The van der Waals surface area contributed by atoms with Crippen molar-refractivity contribution in [1.29, 1.82) is 0 Å². The van der Waals surface area contributed by atoms with E-state index < -0.39 is 0 Å². The zero-order chi connectivity index (χ0) is 23.3. The summed E-state index contributed by atoms with van der Waals surface area (Å²) in [5.41, 5.74) is 3.85. The summed E-state index contributed by atoms with van der Waals surface area (Å²) in [4.78, 5) is 4.80. The Hall–Kier alpha value is -2.66.